The van der Waals surface area contributed by atoms with Gasteiger partial charge in [0, 0.05) is 49.9 Å². The van der Waals surface area contributed by atoms with Gasteiger partial charge in [-0.25, -0.2) is 13.4 Å². The van der Waals surface area contributed by atoms with Crippen molar-refractivity contribution in [2.24, 2.45) is 5.92 Å². The normalized spacial score (nSPS) is 30.7. The first-order chi connectivity index (χ1) is 12.4. The summed E-state index contributed by atoms with van der Waals surface area (Å²) in [4.78, 5) is 31.9. The molecule has 0 aromatic carbocycles. The van der Waals surface area contributed by atoms with Crippen LogP contribution < -0.4 is 5.32 Å². The molecule has 4 rings (SSSR count). The summed E-state index contributed by atoms with van der Waals surface area (Å²) in [5.74, 6) is -0.379. The van der Waals surface area contributed by atoms with Gasteiger partial charge in [0.15, 0.2) is 9.84 Å². The lowest BCUT2D eigenvalue weighted by atomic mass is 10.0. The molecule has 0 saturated carbocycles. The summed E-state index contributed by atoms with van der Waals surface area (Å²) < 4.78 is 25.0. The molecule has 0 unspecified atom stereocenters. The first-order valence-corrected chi connectivity index (χ1v) is 11.5. The van der Waals surface area contributed by atoms with E-state index in [1.807, 2.05) is 5.38 Å². The molecule has 3 atom stereocenters. The summed E-state index contributed by atoms with van der Waals surface area (Å²) >= 11 is 1.52. The van der Waals surface area contributed by atoms with E-state index in [0.717, 1.165) is 12.1 Å². The van der Waals surface area contributed by atoms with Crippen molar-refractivity contribution in [3.8, 4) is 0 Å². The van der Waals surface area contributed by atoms with Crippen molar-refractivity contribution >= 4 is 33.0 Å². The number of likely N-dealkylation sites (tertiary alicyclic amines) is 2. The monoisotopic (exact) mass is 398 g/mol. The van der Waals surface area contributed by atoms with Gasteiger partial charge < -0.3 is 10.2 Å². The largest absolute Gasteiger partial charge is 0.350 e. The van der Waals surface area contributed by atoms with Crippen LogP contribution in [0.1, 0.15) is 18.5 Å². The van der Waals surface area contributed by atoms with Crippen LogP contribution in [0.5, 0.6) is 0 Å². The highest BCUT2D eigenvalue weighted by atomic mass is 32.2. The number of thiazole rings is 1. The van der Waals surface area contributed by atoms with E-state index in [1.54, 1.807) is 10.4 Å². The van der Waals surface area contributed by atoms with Crippen LogP contribution in [0.3, 0.4) is 0 Å². The van der Waals surface area contributed by atoms with E-state index < -0.39 is 15.1 Å². The lowest BCUT2D eigenvalue weighted by Gasteiger charge is -2.22. The summed E-state index contributed by atoms with van der Waals surface area (Å²) in [6, 6.07) is -0.379. The maximum absolute atomic E-state index is 12.5. The average Bonchev–Trinajstić information content (AvgIpc) is 3.32. The first-order valence-electron chi connectivity index (χ1n) is 8.80. The molecule has 0 aliphatic carbocycles. The zero-order valence-corrected chi connectivity index (χ0v) is 16.0. The maximum atomic E-state index is 12.5. The van der Waals surface area contributed by atoms with E-state index in [4.69, 9.17) is 0 Å². The second kappa shape index (κ2) is 6.90. The van der Waals surface area contributed by atoms with Crippen LogP contribution >= 0.6 is 11.3 Å². The van der Waals surface area contributed by atoms with Crippen LogP contribution in [0.25, 0.3) is 0 Å². The van der Waals surface area contributed by atoms with Crippen molar-refractivity contribution in [2.45, 2.75) is 30.7 Å². The lowest BCUT2D eigenvalue weighted by Crippen LogP contribution is -2.46. The van der Waals surface area contributed by atoms with Gasteiger partial charge >= 0.3 is 0 Å². The number of hydrogen-bond acceptors (Lipinski definition) is 7. The van der Waals surface area contributed by atoms with Crippen LogP contribution in [0.15, 0.2) is 10.9 Å². The molecule has 0 bridgehead atoms. The van der Waals surface area contributed by atoms with Gasteiger partial charge in [-0.05, 0) is 6.42 Å². The summed E-state index contributed by atoms with van der Waals surface area (Å²) in [5.41, 5.74) is 2.71. The number of fused-ring (bicyclic) bond motifs is 1. The molecule has 1 aromatic rings. The summed E-state index contributed by atoms with van der Waals surface area (Å²) in [7, 11) is -3.22. The zero-order chi connectivity index (χ0) is 18.3. The number of hydrogen-bond donors (Lipinski definition) is 1. The van der Waals surface area contributed by atoms with E-state index in [-0.39, 0.29) is 36.1 Å². The van der Waals surface area contributed by atoms with E-state index in [2.05, 4.69) is 15.2 Å². The Hall–Kier alpha value is -1.52. The molecule has 0 radical (unpaired) electrons. The van der Waals surface area contributed by atoms with Gasteiger partial charge in [-0.3, -0.25) is 14.5 Å². The molecule has 3 aliphatic heterocycles. The molecule has 8 nitrogen and oxygen atoms in total. The Labute approximate surface area is 156 Å². The fraction of sp³-hybridized carbons (Fsp3) is 0.688. The topological polar surface area (TPSA) is 99.7 Å². The van der Waals surface area contributed by atoms with Crippen LogP contribution in [-0.2, 0) is 26.0 Å². The van der Waals surface area contributed by atoms with E-state index >= 15 is 0 Å². The second-order valence-corrected chi connectivity index (χ2v) is 10.3. The van der Waals surface area contributed by atoms with Crippen LogP contribution in [0.4, 0.5) is 0 Å². The fourth-order valence-electron chi connectivity index (χ4n) is 4.26. The highest BCUT2D eigenvalue weighted by Crippen LogP contribution is 2.34. The summed E-state index contributed by atoms with van der Waals surface area (Å²) in [6.45, 7) is 2.38. The number of rotatable bonds is 5. The maximum Gasteiger partial charge on any atom is 0.239 e. The molecule has 142 valence electrons. The van der Waals surface area contributed by atoms with Gasteiger partial charge in [0.1, 0.15) is 0 Å². The van der Waals surface area contributed by atoms with Gasteiger partial charge in [0.2, 0.25) is 11.8 Å². The molecule has 1 aromatic heterocycles. The Bertz CT molecular complexity index is 795. The molecule has 0 spiro atoms. The molecule has 2 amide bonds. The molecular formula is C16H22N4O4S2. The predicted octanol–water partition coefficient (Wildman–Crippen LogP) is -0.521. The average molecular weight is 399 g/mol. The second-order valence-electron chi connectivity index (χ2n) is 7.30. The van der Waals surface area contributed by atoms with Crippen LogP contribution in [-0.4, -0.2) is 78.2 Å². The molecule has 4 heterocycles. The molecule has 10 heteroatoms. The minimum Gasteiger partial charge on any atom is -0.350 e. The van der Waals surface area contributed by atoms with Gasteiger partial charge in [0.25, 0.3) is 0 Å². The Morgan fingerprint density at radius 3 is 2.92 bits per heavy atom. The van der Waals surface area contributed by atoms with Crippen molar-refractivity contribution in [3.05, 3.63) is 16.6 Å². The van der Waals surface area contributed by atoms with Crippen molar-refractivity contribution in [3.63, 3.8) is 0 Å². The molecule has 1 N–H and O–H groups in total. The molecule has 3 aliphatic rings. The van der Waals surface area contributed by atoms with Gasteiger partial charge in [-0.2, -0.15) is 0 Å². The number of amides is 2. The number of sulfone groups is 1. The summed E-state index contributed by atoms with van der Waals surface area (Å²) in [5, 5.41) is 4.42. The SMILES string of the molecule is O=C(CN1CCCC1=O)N[C@@H]1CS(=O)(=O)[C@H]2CN(Cc3cscn3)C[C@@H]12. The molecular weight excluding hydrogens is 376 g/mol. The molecule has 3 saturated heterocycles. The summed E-state index contributed by atoms with van der Waals surface area (Å²) in [6.07, 6.45) is 1.27. The number of nitrogens with one attached hydrogen (secondary N) is 1. The van der Waals surface area contributed by atoms with E-state index in [1.165, 1.54) is 11.3 Å². The molecule has 26 heavy (non-hydrogen) atoms. The van der Waals surface area contributed by atoms with Crippen molar-refractivity contribution < 1.29 is 18.0 Å². The van der Waals surface area contributed by atoms with Gasteiger partial charge in [-0.1, -0.05) is 0 Å². The zero-order valence-electron chi connectivity index (χ0n) is 14.3. The quantitative estimate of drug-likeness (QED) is 0.716. The number of aromatic nitrogens is 1. The van der Waals surface area contributed by atoms with Crippen LogP contribution in [0.2, 0.25) is 0 Å². The lowest BCUT2D eigenvalue weighted by molar-refractivity contribution is -0.133. The predicted molar refractivity (Wildman–Crippen MR) is 96.2 cm³/mol. The minimum absolute atomic E-state index is 0.00706. The smallest absolute Gasteiger partial charge is 0.239 e. The highest BCUT2D eigenvalue weighted by Gasteiger charge is 2.52. The van der Waals surface area contributed by atoms with Crippen molar-refractivity contribution in [1.82, 2.24) is 20.1 Å². The Morgan fingerprint density at radius 2 is 2.23 bits per heavy atom. The third-order valence-corrected chi connectivity index (χ3v) is 8.38. The third kappa shape index (κ3) is 3.49. The van der Waals surface area contributed by atoms with E-state index in [0.29, 0.717) is 32.6 Å². The Kier molecular flexibility index (Phi) is 4.74. The number of nitrogens with zero attached hydrogens (tertiary/aromatic N) is 3. The number of carbonyl (C=O) groups excluding carboxylic acids is 2. The van der Waals surface area contributed by atoms with Crippen LogP contribution in [0, 0.1) is 5.92 Å². The first kappa shape index (κ1) is 17.9. The Morgan fingerprint density at radius 1 is 1.38 bits per heavy atom. The highest BCUT2D eigenvalue weighted by molar-refractivity contribution is 7.92. The van der Waals surface area contributed by atoms with Gasteiger partial charge in [0.05, 0.1) is 28.8 Å². The molecule has 3 fully saturated rings. The minimum atomic E-state index is -3.22. The van der Waals surface area contributed by atoms with Gasteiger partial charge in [-0.15, -0.1) is 11.3 Å². The van der Waals surface area contributed by atoms with Crippen molar-refractivity contribution in [2.75, 3.05) is 31.9 Å². The fourth-order valence-corrected chi connectivity index (χ4v) is 7.14. The van der Waals surface area contributed by atoms with Crippen molar-refractivity contribution in [1.29, 1.82) is 0 Å². The third-order valence-electron chi connectivity index (χ3n) is 5.50. The van der Waals surface area contributed by atoms with E-state index in [9.17, 15) is 18.0 Å². The standard InChI is InChI=1S/C16H22N4O4S2/c21-15(7-20-3-1-2-16(20)22)18-13-9-26(23,24)14-6-19(5-12(13)14)4-11-8-25-10-17-11/h8,10,12-14H,1-7,9H2,(H,18,21)/t12-,13+,14-/m0/s1. The Balaban J connectivity index is 1.39. The number of carbonyl (C=O) groups is 2.